The second-order valence-corrected chi connectivity index (χ2v) is 4.96. The summed E-state index contributed by atoms with van der Waals surface area (Å²) in [4.78, 5) is 0. The maximum atomic E-state index is 5.15. The van der Waals surface area contributed by atoms with Crippen LogP contribution in [0.3, 0.4) is 0 Å². The van der Waals surface area contributed by atoms with Crippen LogP contribution in [-0.2, 0) is 0 Å². The van der Waals surface area contributed by atoms with E-state index in [0.29, 0.717) is 0 Å². The van der Waals surface area contributed by atoms with Gasteiger partial charge in [0.1, 0.15) is 16.0 Å². The molecule has 0 saturated heterocycles. The number of rotatable bonds is 3. The first-order valence-electron chi connectivity index (χ1n) is 6.10. The molecule has 0 fully saturated rings. The Hall–Kier alpha value is -2.14. The highest BCUT2D eigenvalue weighted by Gasteiger charge is 2.13. The third-order valence-corrected chi connectivity index (χ3v) is 3.69. The van der Waals surface area contributed by atoms with E-state index < -0.39 is 0 Å². The molecule has 20 heavy (non-hydrogen) atoms. The molecule has 0 aliphatic heterocycles. The minimum absolute atomic E-state index is 0.813. The minimum atomic E-state index is 0.813. The average Bonchev–Trinajstić information content (AvgIpc) is 2.90. The molecule has 3 rings (SSSR count). The Kier molecular flexibility index (Phi) is 3.52. The van der Waals surface area contributed by atoms with Gasteiger partial charge in [-0.1, -0.05) is 35.5 Å². The topological polar surface area (TPSA) is 39.9 Å². The molecule has 0 aliphatic rings. The van der Waals surface area contributed by atoms with Crippen LogP contribution in [0.15, 0.2) is 59.2 Å². The fraction of sp³-hybridized carbons (Fsp3) is 0.0667. The molecule has 4 nitrogen and oxygen atoms in total. The van der Waals surface area contributed by atoms with Crippen molar-refractivity contribution < 1.29 is 4.74 Å². The number of halogens is 1. The molecule has 100 valence electrons. The highest BCUT2D eigenvalue weighted by Crippen LogP contribution is 2.28. The summed E-state index contributed by atoms with van der Waals surface area (Å²) in [6.07, 6.45) is 0. The van der Waals surface area contributed by atoms with Gasteiger partial charge in [-0.15, -0.1) is 5.10 Å². The number of ether oxygens (including phenoxy) is 1. The van der Waals surface area contributed by atoms with Gasteiger partial charge >= 0.3 is 0 Å². The van der Waals surface area contributed by atoms with Crippen molar-refractivity contribution in [2.75, 3.05) is 7.11 Å². The van der Waals surface area contributed by atoms with Crippen molar-refractivity contribution in [3.05, 3.63) is 59.2 Å². The smallest absolute Gasteiger partial charge is 0.138 e. The van der Waals surface area contributed by atoms with Gasteiger partial charge in [0.15, 0.2) is 0 Å². The predicted molar refractivity (Wildman–Crippen MR) is 81.0 cm³/mol. The Labute approximate surface area is 125 Å². The Morgan fingerprint density at radius 3 is 2.35 bits per heavy atom. The summed E-state index contributed by atoms with van der Waals surface area (Å²) in [5, 5.41) is 8.44. The van der Waals surface area contributed by atoms with E-state index in [-0.39, 0.29) is 0 Å². The van der Waals surface area contributed by atoms with E-state index >= 15 is 0 Å². The van der Waals surface area contributed by atoms with Crippen molar-refractivity contribution in [1.29, 1.82) is 0 Å². The quantitative estimate of drug-likeness (QED) is 0.735. The first-order valence-corrected chi connectivity index (χ1v) is 6.90. The summed E-state index contributed by atoms with van der Waals surface area (Å²) in [6, 6.07) is 17.6. The molecule has 0 unspecified atom stereocenters. The summed E-state index contributed by atoms with van der Waals surface area (Å²) < 4.78 is 7.73. The molecule has 0 bridgehead atoms. The van der Waals surface area contributed by atoms with Crippen LogP contribution >= 0.6 is 15.9 Å². The van der Waals surface area contributed by atoms with Crippen molar-refractivity contribution >= 4 is 15.9 Å². The summed E-state index contributed by atoms with van der Waals surface area (Å²) in [5.74, 6) is 0.813. The molecule has 0 aliphatic carbocycles. The van der Waals surface area contributed by atoms with E-state index in [1.165, 1.54) is 0 Å². The number of methoxy groups -OCH3 is 1. The van der Waals surface area contributed by atoms with E-state index in [4.69, 9.17) is 4.74 Å². The minimum Gasteiger partial charge on any atom is -0.497 e. The van der Waals surface area contributed by atoms with Crippen LogP contribution in [0.1, 0.15) is 0 Å². The lowest BCUT2D eigenvalue weighted by molar-refractivity contribution is 0.414. The van der Waals surface area contributed by atoms with Crippen LogP contribution in [0.25, 0.3) is 16.9 Å². The van der Waals surface area contributed by atoms with Crippen molar-refractivity contribution in [3.8, 4) is 22.7 Å². The zero-order chi connectivity index (χ0) is 13.9. The number of hydrogen-bond donors (Lipinski definition) is 0. The van der Waals surface area contributed by atoms with Gasteiger partial charge in [0.05, 0.1) is 12.8 Å². The van der Waals surface area contributed by atoms with Gasteiger partial charge < -0.3 is 4.74 Å². The summed E-state index contributed by atoms with van der Waals surface area (Å²) in [6.45, 7) is 0. The van der Waals surface area contributed by atoms with Gasteiger partial charge in [0.2, 0.25) is 0 Å². The molecule has 0 radical (unpaired) electrons. The van der Waals surface area contributed by atoms with Gasteiger partial charge in [-0.3, -0.25) is 0 Å². The summed E-state index contributed by atoms with van der Waals surface area (Å²) >= 11 is 3.57. The largest absolute Gasteiger partial charge is 0.497 e. The van der Waals surface area contributed by atoms with E-state index in [0.717, 1.165) is 27.3 Å². The molecule has 3 aromatic rings. The predicted octanol–water partition coefficient (Wildman–Crippen LogP) is 3.71. The molecule has 0 N–H and O–H groups in total. The molecular weight excluding hydrogens is 318 g/mol. The van der Waals surface area contributed by atoms with Gasteiger partial charge in [0.25, 0.3) is 0 Å². The first-order chi connectivity index (χ1) is 9.79. The lowest BCUT2D eigenvalue weighted by Crippen LogP contribution is -1.96. The lowest BCUT2D eigenvalue weighted by atomic mass is 10.2. The van der Waals surface area contributed by atoms with E-state index in [9.17, 15) is 0 Å². The maximum absolute atomic E-state index is 5.15. The van der Waals surface area contributed by atoms with Crippen molar-refractivity contribution in [2.45, 2.75) is 0 Å². The highest BCUT2D eigenvalue weighted by atomic mass is 79.9. The molecule has 2 aromatic carbocycles. The second-order valence-electron chi connectivity index (χ2n) is 4.20. The number of aromatic nitrogens is 3. The van der Waals surface area contributed by atoms with Crippen LogP contribution in [-0.4, -0.2) is 22.1 Å². The van der Waals surface area contributed by atoms with Crippen LogP contribution in [0.2, 0.25) is 0 Å². The van der Waals surface area contributed by atoms with Gasteiger partial charge in [-0.2, -0.15) is 0 Å². The fourth-order valence-corrected chi connectivity index (χ4v) is 2.52. The van der Waals surface area contributed by atoms with Gasteiger partial charge in [0, 0.05) is 5.56 Å². The average molecular weight is 330 g/mol. The van der Waals surface area contributed by atoms with Crippen molar-refractivity contribution in [3.63, 3.8) is 0 Å². The molecule has 1 aromatic heterocycles. The summed E-state index contributed by atoms with van der Waals surface area (Å²) in [5.41, 5.74) is 2.77. The Balaban J connectivity index is 2.01. The van der Waals surface area contributed by atoms with Crippen LogP contribution in [0, 0.1) is 0 Å². The normalized spacial score (nSPS) is 10.5. The third-order valence-electron chi connectivity index (χ3n) is 2.98. The van der Waals surface area contributed by atoms with Crippen LogP contribution < -0.4 is 4.74 Å². The second kappa shape index (κ2) is 5.46. The van der Waals surface area contributed by atoms with Crippen molar-refractivity contribution in [1.82, 2.24) is 15.0 Å². The van der Waals surface area contributed by atoms with Gasteiger partial charge in [-0.05, 0) is 40.2 Å². The van der Waals surface area contributed by atoms with Crippen LogP contribution in [0.5, 0.6) is 5.75 Å². The van der Waals surface area contributed by atoms with E-state index in [2.05, 4.69) is 26.2 Å². The molecule has 0 saturated carbocycles. The Morgan fingerprint density at radius 1 is 1.00 bits per heavy atom. The summed E-state index contributed by atoms with van der Waals surface area (Å²) in [7, 11) is 1.65. The van der Waals surface area contributed by atoms with Crippen LogP contribution in [0.4, 0.5) is 0 Å². The SMILES string of the molecule is COc1ccc(-n2nnc(-c3ccccc3)c2Br)cc1. The van der Waals surface area contributed by atoms with E-state index in [1.54, 1.807) is 11.8 Å². The Morgan fingerprint density at radius 2 is 1.70 bits per heavy atom. The monoisotopic (exact) mass is 329 g/mol. The molecule has 0 atom stereocenters. The molecule has 0 amide bonds. The number of hydrogen-bond acceptors (Lipinski definition) is 3. The number of nitrogens with zero attached hydrogens (tertiary/aromatic N) is 3. The third kappa shape index (κ3) is 2.32. The number of benzene rings is 2. The highest BCUT2D eigenvalue weighted by molar-refractivity contribution is 9.10. The molecule has 1 heterocycles. The zero-order valence-corrected chi connectivity index (χ0v) is 12.4. The maximum Gasteiger partial charge on any atom is 0.138 e. The first kappa shape index (κ1) is 12.9. The van der Waals surface area contributed by atoms with E-state index in [1.807, 2.05) is 54.6 Å². The zero-order valence-electron chi connectivity index (χ0n) is 10.8. The molecule has 0 spiro atoms. The van der Waals surface area contributed by atoms with Crippen molar-refractivity contribution in [2.24, 2.45) is 0 Å². The molecular formula is C15H12BrN3O. The van der Waals surface area contributed by atoms with Gasteiger partial charge in [-0.25, -0.2) is 4.68 Å². The Bertz CT molecular complexity index is 708. The molecule has 5 heteroatoms. The lowest BCUT2D eigenvalue weighted by Gasteiger charge is -2.04. The fourth-order valence-electron chi connectivity index (χ4n) is 1.93. The standard InChI is InChI=1S/C15H12BrN3O/c1-20-13-9-7-12(8-10-13)19-15(16)14(17-18-19)11-5-3-2-4-6-11/h2-10H,1H3.